The van der Waals surface area contributed by atoms with Gasteiger partial charge in [0.2, 0.25) is 0 Å². The Morgan fingerprint density at radius 1 is 0.276 bits per heavy atom. The molecule has 0 saturated heterocycles. The van der Waals surface area contributed by atoms with Crippen molar-refractivity contribution in [2.24, 2.45) is 0 Å². The topological polar surface area (TPSA) is 78.9 Å². The van der Waals surface area contributed by atoms with E-state index in [1.807, 2.05) is 0 Å². The minimum Gasteiger partial charge on any atom is -0.462 e. The van der Waals surface area contributed by atoms with Crippen LogP contribution in [-0.2, 0) is 28.6 Å². The van der Waals surface area contributed by atoms with Gasteiger partial charge in [-0.05, 0) is 116 Å². The largest absolute Gasteiger partial charge is 0.462 e. The van der Waals surface area contributed by atoms with E-state index < -0.39 is 6.10 Å². The lowest BCUT2D eigenvalue weighted by Gasteiger charge is -2.18. The van der Waals surface area contributed by atoms with E-state index in [4.69, 9.17) is 14.2 Å². The molecule has 0 bridgehead atoms. The van der Waals surface area contributed by atoms with Crippen molar-refractivity contribution in [1.29, 1.82) is 0 Å². The summed E-state index contributed by atoms with van der Waals surface area (Å²) in [6.07, 6.45) is 84.4. The van der Waals surface area contributed by atoms with Crippen LogP contribution in [0.15, 0.2) is 85.1 Å². The second-order valence-corrected chi connectivity index (χ2v) is 21.6. The van der Waals surface area contributed by atoms with E-state index in [1.54, 1.807) is 0 Å². The Hall–Kier alpha value is -3.41. The molecule has 0 aliphatic carbocycles. The summed E-state index contributed by atoms with van der Waals surface area (Å²) in [5.41, 5.74) is 0. The molecule has 438 valence electrons. The average Bonchev–Trinajstić information content (AvgIpc) is 3.42. The maximum Gasteiger partial charge on any atom is 0.306 e. The van der Waals surface area contributed by atoms with Crippen LogP contribution in [0.5, 0.6) is 0 Å². The SMILES string of the molecule is CC/C=C\C/C=C\C/C=C\C/C=C\CCCCCCCCCCCCC(=O)OCC(COC(=O)CCCCCCCCC/C=C\C/C=C\CCCCC)OC(=O)CCCCCCCCC/C=C\CCCCCCCCC. The third kappa shape index (κ3) is 61.4. The minimum absolute atomic E-state index is 0.0818. The van der Waals surface area contributed by atoms with Gasteiger partial charge in [0.15, 0.2) is 6.10 Å². The number of carbonyl (C=O) groups excluding carboxylic acids is 3. The molecule has 0 spiro atoms. The number of hydrogen-bond donors (Lipinski definition) is 0. The van der Waals surface area contributed by atoms with E-state index >= 15 is 0 Å². The highest BCUT2D eigenvalue weighted by atomic mass is 16.6. The zero-order valence-corrected chi connectivity index (χ0v) is 50.3. The Morgan fingerprint density at radius 2 is 0.513 bits per heavy atom. The van der Waals surface area contributed by atoms with Gasteiger partial charge in [-0.25, -0.2) is 0 Å². The zero-order chi connectivity index (χ0) is 55.0. The molecule has 0 saturated carbocycles. The van der Waals surface area contributed by atoms with Gasteiger partial charge in [-0.2, -0.15) is 0 Å². The highest BCUT2D eigenvalue weighted by Gasteiger charge is 2.19. The number of rotatable bonds is 59. The molecule has 0 aliphatic heterocycles. The summed E-state index contributed by atoms with van der Waals surface area (Å²) < 4.78 is 17.0. The van der Waals surface area contributed by atoms with E-state index in [0.29, 0.717) is 19.3 Å². The van der Waals surface area contributed by atoms with Crippen LogP contribution in [0, 0.1) is 0 Å². The van der Waals surface area contributed by atoms with Gasteiger partial charge in [0.1, 0.15) is 13.2 Å². The number of unbranched alkanes of at least 4 members (excludes halogenated alkanes) is 34. The zero-order valence-electron chi connectivity index (χ0n) is 50.3. The molecule has 0 aromatic rings. The van der Waals surface area contributed by atoms with Gasteiger partial charge in [0.25, 0.3) is 0 Å². The molecule has 0 fully saturated rings. The van der Waals surface area contributed by atoms with Crippen LogP contribution in [0.4, 0.5) is 0 Å². The van der Waals surface area contributed by atoms with Crippen LogP contribution in [0.2, 0.25) is 0 Å². The molecule has 0 radical (unpaired) electrons. The predicted molar refractivity (Wildman–Crippen MR) is 330 cm³/mol. The van der Waals surface area contributed by atoms with Crippen LogP contribution in [0.3, 0.4) is 0 Å². The van der Waals surface area contributed by atoms with Gasteiger partial charge < -0.3 is 14.2 Å². The third-order valence-corrected chi connectivity index (χ3v) is 14.1. The second-order valence-electron chi connectivity index (χ2n) is 21.6. The Bertz CT molecular complexity index is 1450. The lowest BCUT2D eigenvalue weighted by molar-refractivity contribution is -0.167. The molecular formula is C70H122O6. The van der Waals surface area contributed by atoms with Crippen molar-refractivity contribution in [1.82, 2.24) is 0 Å². The van der Waals surface area contributed by atoms with Gasteiger partial charge in [-0.15, -0.1) is 0 Å². The number of ether oxygens (including phenoxy) is 3. The van der Waals surface area contributed by atoms with Crippen LogP contribution in [-0.4, -0.2) is 37.2 Å². The summed E-state index contributed by atoms with van der Waals surface area (Å²) in [6, 6.07) is 0. The summed E-state index contributed by atoms with van der Waals surface area (Å²) in [7, 11) is 0. The van der Waals surface area contributed by atoms with Crippen molar-refractivity contribution in [3.63, 3.8) is 0 Å². The number of carbonyl (C=O) groups is 3. The molecule has 0 aromatic carbocycles. The molecule has 0 aliphatic rings. The van der Waals surface area contributed by atoms with Gasteiger partial charge in [0, 0.05) is 19.3 Å². The number of allylic oxidation sites excluding steroid dienone is 14. The average molecular weight is 1060 g/mol. The van der Waals surface area contributed by atoms with E-state index in [0.717, 1.165) is 96.3 Å². The summed E-state index contributed by atoms with van der Waals surface area (Å²) in [5, 5.41) is 0. The molecule has 0 heterocycles. The molecule has 0 aromatic heterocycles. The first-order chi connectivity index (χ1) is 37.5. The van der Waals surface area contributed by atoms with Crippen LogP contribution < -0.4 is 0 Å². The van der Waals surface area contributed by atoms with E-state index in [2.05, 4.69) is 106 Å². The van der Waals surface area contributed by atoms with Crippen molar-refractivity contribution < 1.29 is 28.6 Å². The molecule has 1 unspecified atom stereocenters. The van der Waals surface area contributed by atoms with Crippen LogP contribution in [0.25, 0.3) is 0 Å². The highest BCUT2D eigenvalue weighted by molar-refractivity contribution is 5.71. The molecular weight excluding hydrogens is 937 g/mol. The van der Waals surface area contributed by atoms with Crippen molar-refractivity contribution >= 4 is 17.9 Å². The monoisotopic (exact) mass is 1060 g/mol. The first kappa shape index (κ1) is 72.6. The third-order valence-electron chi connectivity index (χ3n) is 14.1. The van der Waals surface area contributed by atoms with E-state index in [1.165, 1.54) is 186 Å². The lowest BCUT2D eigenvalue weighted by Crippen LogP contribution is -2.30. The quantitative estimate of drug-likeness (QED) is 0.0261. The van der Waals surface area contributed by atoms with Crippen LogP contribution >= 0.6 is 0 Å². The normalized spacial score (nSPS) is 12.6. The minimum atomic E-state index is -0.786. The van der Waals surface area contributed by atoms with Gasteiger partial charge in [0.05, 0.1) is 0 Å². The Kier molecular flexibility index (Phi) is 61.2. The second kappa shape index (κ2) is 64.1. The molecule has 0 rings (SSSR count). The Labute approximate surface area is 471 Å². The molecule has 6 nitrogen and oxygen atoms in total. The first-order valence-electron chi connectivity index (χ1n) is 32.6. The fourth-order valence-corrected chi connectivity index (χ4v) is 9.23. The summed E-state index contributed by atoms with van der Waals surface area (Å²) in [4.78, 5) is 38.4. The van der Waals surface area contributed by atoms with Crippen molar-refractivity contribution in [2.45, 2.75) is 329 Å². The van der Waals surface area contributed by atoms with Gasteiger partial charge in [-0.3, -0.25) is 14.4 Å². The predicted octanol–water partition coefficient (Wildman–Crippen LogP) is 22.3. The number of esters is 3. The smallest absolute Gasteiger partial charge is 0.306 e. The summed E-state index contributed by atoms with van der Waals surface area (Å²) >= 11 is 0. The molecule has 6 heteroatoms. The van der Waals surface area contributed by atoms with E-state index in [-0.39, 0.29) is 31.1 Å². The first-order valence-corrected chi connectivity index (χ1v) is 32.6. The molecule has 0 amide bonds. The summed E-state index contributed by atoms with van der Waals surface area (Å²) in [5.74, 6) is -0.884. The van der Waals surface area contributed by atoms with E-state index in [9.17, 15) is 14.4 Å². The standard InChI is InChI=1S/C70H122O6/c1-4-7-10-13-16-19-22-25-28-31-33-34-35-36-37-40-42-45-48-51-54-57-60-63-69(72)75-66-67(65-74-68(71)62-59-56-53-50-47-44-41-38-30-27-24-21-18-15-12-9-6-3)76-70(73)64-61-58-55-52-49-46-43-39-32-29-26-23-20-17-14-11-8-5-2/h7,10,16,18-19,21,25,27-30,32-34,67H,4-6,8-9,11-15,17,20,22-24,26,31,35-66H2,1-3H3/b10-7-,19-16-,21-18-,28-25-,30-27-,32-29-,34-33-. The fourth-order valence-electron chi connectivity index (χ4n) is 9.23. The van der Waals surface area contributed by atoms with Gasteiger partial charge in [-0.1, -0.05) is 273 Å². The molecule has 0 N–H and O–H groups in total. The Morgan fingerprint density at radius 3 is 0.842 bits per heavy atom. The van der Waals surface area contributed by atoms with Crippen molar-refractivity contribution in [3.05, 3.63) is 85.1 Å². The maximum atomic E-state index is 12.9. The van der Waals surface area contributed by atoms with Gasteiger partial charge >= 0.3 is 17.9 Å². The van der Waals surface area contributed by atoms with Crippen molar-refractivity contribution in [2.75, 3.05) is 13.2 Å². The van der Waals surface area contributed by atoms with Crippen molar-refractivity contribution in [3.8, 4) is 0 Å². The highest BCUT2D eigenvalue weighted by Crippen LogP contribution is 2.16. The summed E-state index contributed by atoms with van der Waals surface area (Å²) in [6.45, 7) is 6.52. The van der Waals surface area contributed by atoms with Crippen LogP contribution in [0.1, 0.15) is 323 Å². The fraction of sp³-hybridized carbons (Fsp3) is 0.757. The number of hydrogen-bond acceptors (Lipinski definition) is 6. The molecule has 76 heavy (non-hydrogen) atoms. The lowest BCUT2D eigenvalue weighted by atomic mass is 10.1. The maximum absolute atomic E-state index is 12.9. The Balaban J connectivity index is 4.37. The molecule has 1 atom stereocenters.